The molecule has 1 atom stereocenters. The highest BCUT2D eigenvalue weighted by atomic mass is 32.1. The number of thiazole rings is 1. The summed E-state index contributed by atoms with van der Waals surface area (Å²) in [5.41, 5.74) is 0.560. The van der Waals surface area contributed by atoms with E-state index >= 15 is 0 Å². The van der Waals surface area contributed by atoms with Gasteiger partial charge in [-0.1, -0.05) is 29.5 Å². The second-order valence-corrected chi connectivity index (χ2v) is 9.03. The van der Waals surface area contributed by atoms with E-state index < -0.39 is 16.9 Å². The lowest BCUT2D eigenvalue weighted by molar-refractivity contribution is -0.385. The van der Waals surface area contributed by atoms with Crippen molar-refractivity contribution in [2.75, 3.05) is 20.3 Å². The number of nitro benzene ring substituents is 1. The van der Waals surface area contributed by atoms with Gasteiger partial charge in [0.1, 0.15) is 12.6 Å². The fourth-order valence-electron chi connectivity index (χ4n) is 3.51. The van der Waals surface area contributed by atoms with Gasteiger partial charge in [-0.3, -0.25) is 19.5 Å². The molecule has 0 saturated carbocycles. The van der Waals surface area contributed by atoms with Gasteiger partial charge in [-0.15, -0.1) is 11.3 Å². The van der Waals surface area contributed by atoms with E-state index in [4.69, 9.17) is 9.47 Å². The normalized spacial score (nSPS) is 15.8. The minimum Gasteiger partial charge on any atom is -0.460 e. The van der Waals surface area contributed by atoms with Gasteiger partial charge in [0.25, 0.3) is 11.2 Å². The van der Waals surface area contributed by atoms with Gasteiger partial charge in [-0.05, 0) is 30.5 Å². The van der Waals surface area contributed by atoms with Gasteiger partial charge in [-0.25, -0.2) is 9.79 Å². The molecule has 0 amide bonds. The molecule has 33 heavy (non-hydrogen) atoms. The van der Waals surface area contributed by atoms with Crippen molar-refractivity contribution in [1.82, 2.24) is 4.57 Å². The number of nitrogens with zero attached hydrogens (tertiary/aromatic N) is 3. The molecule has 1 aliphatic heterocycles. The second kappa shape index (κ2) is 9.61. The van der Waals surface area contributed by atoms with Gasteiger partial charge in [0.15, 0.2) is 4.80 Å². The Balaban J connectivity index is 1.88. The number of methoxy groups -OCH3 is 1. The topological polar surface area (TPSA) is 113 Å². The first kappa shape index (κ1) is 22.8. The number of benzene rings is 1. The average Bonchev–Trinajstić information content (AvgIpc) is 3.42. The number of fused-ring (bicyclic) bond motifs is 1. The van der Waals surface area contributed by atoms with Crippen molar-refractivity contribution < 1.29 is 19.2 Å². The summed E-state index contributed by atoms with van der Waals surface area (Å²) in [6, 6.07) is 9.18. The van der Waals surface area contributed by atoms with Crippen LogP contribution in [-0.2, 0) is 14.3 Å². The maximum atomic E-state index is 13.5. The standard InChI is InChI=1S/C22H19N3O6S2/c1-13-18(21(27)31-10-9-30-2)19(16-8-5-11-32-16)24-20(26)17(33-22(24)23-13)12-14-6-3-4-7-15(14)25(28)29/h3-8,11-12,19H,9-10H2,1-2H3. The lowest BCUT2D eigenvalue weighted by Gasteiger charge is -2.23. The zero-order valence-corrected chi connectivity index (χ0v) is 19.4. The van der Waals surface area contributed by atoms with E-state index in [0.717, 1.165) is 16.2 Å². The minimum atomic E-state index is -0.704. The summed E-state index contributed by atoms with van der Waals surface area (Å²) in [4.78, 5) is 43.0. The summed E-state index contributed by atoms with van der Waals surface area (Å²) in [5, 5.41) is 13.3. The quantitative estimate of drug-likeness (QED) is 0.220. The summed E-state index contributed by atoms with van der Waals surface area (Å²) in [7, 11) is 1.51. The zero-order valence-electron chi connectivity index (χ0n) is 17.7. The van der Waals surface area contributed by atoms with E-state index in [-0.39, 0.29) is 34.6 Å². The van der Waals surface area contributed by atoms with Crippen molar-refractivity contribution in [1.29, 1.82) is 0 Å². The third-order valence-corrected chi connectivity index (χ3v) is 6.90. The Bertz CT molecular complexity index is 1420. The first-order valence-corrected chi connectivity index (χ1v) is 11.6. The number of thiophene rings is 1. The van der Waals surface area contributed by atoms with Crippen LogP contribution in [0.3, 0.4) is 0 Å². The number of para-hydroxylation sites is 1. The van der Waals surface area contributed by atoms with Gasteiger partial charge in [-0.2, -0.15) is 0 Å². The summed E-state index contributed by atoms with van der Waals surface area (Å²) in [6.45, 7) is 2.02. The van der Waals surface area contributed by atoms with Gasteiger partial charge in [0, 0.05) is 18.1 Å². The smallest absolute Gasteiger partial charge is 0.338 e. The molecule has 170 valence electrons. The number of ether oxygens (including phenoxy) is 2. The van der Waals surface area contributed by atoms with Gasteiger partial charge in [0.2, 0.25) is 0 Å². The molecule has 1 unspecified atom stereocenters. The molecule has 2 aromatic heterocycles. The van der Waals surface area contributed by atoms with Gasteiger partial charge in [0.05, 0.1) is 32.9 Å². The molecule has 0 spiro atoms. The number of carbonyl (C=O) groups excluding carboxylic acids is 1. The number of esters is 1. The maximum absolute atomic E-state index is 13.5. The molecule has 0 N–H and O–H groups in total. The number of allylic oxidation sites excluding steroid dienone is 1. The van der Waals surface area contributed by atoms with Crippen LogP contribution in [0.1, 0.15) is 23.4 Å². The Morgan fingerprint density at radius 1 is 1.27 bits per heavy atom. The number of carbonyl (C=O) groups is 1. The molecule has 3 aromatic rings. The molecule has 3 heterocycles. The number of hydrogen-bond acceptors (Lipinski definition) is 9. The molecule has 1 aliphatic rings. The fourth-order valence-corrected chi connectivity index (χ4v) is 5.37. The number of aromatic nitrogens is 1. The summed E-state index contributed by atoms with van der Waals surface area (Å²) >= 11 is 2.53. The van der Waals surface area contributed by atoms with Crippen molar-refractivity contribution in [3.63, 3.8) is 0 Å². The van der Waals surface area contributed by atoms with Crippen LogP contribution in [0, 0.1) is 10.1 Å². The Labute approximate surface area is 195 Å². The molecule has 0 saturated heterocycles. The molecule has 0 aliphatic carbocycles. The van der Waals surface area contributed by atoms with E-state index in [1.807, 2.05) is 17.5 Å². The van der Waals surface area contributed by atoms with Crippen molar-refractivity contribution in [3.05, 3.63) is 93.3 Å². The van der Waals surface area contributed by atoms with Crippen LogP contribution in [0.25, 0.3) is 6.08 Å². The Morgan fingerprint density at radius 3 is 2.76 bits per heavy atom. The summed E-state index contributed by atoms with van der Waals surface area (Å²) in [6.07, 6.45) is 1.49. The van der Waals surface area contributed by atoms with Crippen LogP contribution in [0.15, 0.2) is 62.8 Å². The van der Waals surface area contributed by atoms with Crippen LogP contribution >= 0.6 is 22.7 Å². The average molecular weight is 486 g/mol. The second-order valence-electron chi connectivity index (χ2n) is 7.04. The van der Waals surface area contributed by atoms with Crippen LogP contribution in [0.2, 0.25) is 0 Å². The van der Waals surface area contributed by atoms with Crippen LogP contribution in [0.4, 0.5) is 5.69 Å². The molecule has 1 aromatic carbocycles. The Morgan fingerprint density at radius 2 is 2.06 bits per heavy atom. The lowest BCUT2D eigenvalue weighted by atomic mass is 10.0. The molecule has 0 fully saturated rings. The van der Waals surface area contributed by atoms with E-state index in [1.54, 1.807) is 25.1 Å². The molecule has 0 bridgehead atoms. The third kappa shape index (κ3) is 4.42. The molecule has 0 radical (unpaired) electrons. The number of rotatable bonds is 7. The number of hydrogen-bond donors (Lipinski definition) is 0. The van der Waals surface area contributed by atoms with Gasteiger partial charge < -0.3 is 9.47 Å². The minimum absolute atomic E-state index is 0.0748. The third-order valence-electron chi connectivity index (χ3n) is 4.99. The summed E-state index contributed by atoms with van der Waals surface area (Å²) in [5.74, 6) is -0.570. The molecular weight excluding hydrogens is 466 g/mol. The van der Waals surface area contributed by atoms with Crippen LogP contribution in [0.5, 0.6) is 0 Å². The molecular formula is C22H19N3O6S2. The highest BCUT2D eigenvalue weighted by Crippen LogP contribution is 2.33. The number of nitro groups is 1. The lowest BCUT2D eigenvalue weighted by Crippen LogP contribution is -2.39. The van der Waals surface area contributed by atoms with Crippen LogP contribution < -0.4 is 14.9 Å². The van der Waals surface area contributed by atoms with E-state index in [2.05, 4.69) is 4.99 Å². The van der Waals surface area contributed by atoms with Crippen molar-refractivity contribution in [3.8, 4) is 0 Å². The Kier molecular flexibility index (Phi) is 6.63. The maximum Gasteiger partial charge on any atom is 0.338 e. The Hall–Kier alpha value is -3.41. The van der Waals surface area contributed by atoms with Gasteiger partial charge >= 0.3 is 5.97 Å². The van der Waals surface area contributed by atoms with Crippen molar-refractivity contribution in [2.24, 2.45) is 4.99 Å². The SMILES string of the molecule is COCCOC(=O)C1=C(C)N=c2sc(=Cc3ccccc3[N+](=O)[O-])c(=O)n2C1c1cccs1. The first-order valence-electron chi connectivity index (χ1n) is 9.87. The fraction of sp³-hybridized carbons (Fsp3) is 0.227. The van der Waals surface area contributed by atoms with E-state index in [1.165, 1.54) is 35.2 Å². The highest BCUT2D eigenvalue weighted by molar-refractivity contribution is 7.10. The van der Waals surface area contributed by atoms with E-state index in [9.17, 15) is 19.7 Å². The predicted molar refractivity (Wildman–Crippen MR) is 124 cm³/mol. The van der Waals surface area contributed by atoms with E-state index in [0.29, 0.717) is 16.1 Å². The monoisotopic (exact) mass is 485 g/mol. The molecule has 11 heteroatoms. The molecule has 4 rings (SSSR count). The summed E-state index contributed by atoms with van der Waals surface area (Å²) < 4.78 is 12.0. The van der Waals surface area contributed by atoms with Crippen molar-refractivity contribution >= 4 is 40.4 Å². The largest absolute Gasteiger partial charge is 0.460 e. The van der Waals surface area contributed by atoms with Crippen molar-refractivity contribution in [2.45, 2.75) is 13.0 Å². The van der Waals surface area contributed by atoms with Crippen LogP contribution in [-0.4, -0.2) is 35.8 Å². The first-order chi connectivity index (χ1) is 15.9. The zero-order chi connectivity index (χ0) is 23.5. The predicted octanol–water partition coefficient (Wildman–Crippen LogP) is 2.39. The highest BCUT2D eigenvalue weighted by Gasteiger charge is 2.34. The molecule has 9 nitrogen and oxygen atoms in total.